The lowest BCUT2D eigenvalue weighted by atomic mass is 10.1. The zero-order chi connectivity index (χ0) is 17.5. The minimum atomic E-state index is -0.351. The van der Waals surface area contributed by atoms with Crippen molar-refractivity contribution in [1.82, 2.24) is 4.90 Å². The van der Waals surface area contributed by atoms with Crippen molar-refractivity contribution >= 4 is 39.6 Å². The summed E-state index contributed by atoms with van der Waals surface area (Å²) in [5.74, 6) is -0.351. The Morgan fingerprint density at radius 1 is 1.25 bits per heavy atom. The van der Waals surface area contributed by atoms with E-state index in [4.69, 9.17) is 17.0 Å². The van der Waals surface area contributed by atoms with Crippen LogP contribution in [0.2, 0.25) is 0 Å². The van der Waals surface area contributed by atoms with Gasteiger partial charge in [-0.25, -0.2) is 4.79 Å². The van der Waals surface area contributed by atoms with E-state index in [1.165, 1.54) is 24.0 Å². The van der Waals surface area contributed by atoms with Crippen molar-refractivity contribution in [3.05, 3.63) is 52.4 Å². The quantitative estimate of drug-likeness (QED) is 0.617. The molecule has 1 N–H and O–H groups in total. The molecule has 1 heterocycles. The van der Waals surface area contributed by atoms with Gasteiger partial charge >= 0.3 is 5.97 Å². The molecule has 0 spiro atoms. The number of nitrogens with zero attached hydrogens (tertiary/aromatic N) is 1. The molecular formula is C18H22N2O2S2. The smallest absolute Gasteiger partial charge is 0.340 e. The summed E-state index contributed by atoms with van der Waals surface area (Å²) in [4.78, 5) is 15.2. The number of rotatable bonds is 6. The average molecular weight is 363 g/mol. The number of hydrogen-bond acceptors (Lipinski definition) is 4. The molecule has 6 heteroatoms. The molecule has 1 aromatic heterocycles. The normalized spacial score (nSPS) is 10.3. The number of thiocarbonyl (C=S) groups is 1. The molecule has 0 atom stereocenters. The first-order chi connectivity index (χ1) is 11.6. The Morgan fingerprint density at radius 3 is 2.50 bits per heavy atom. The highest BCUT2D eigenvalue weighted by molar-refractivity contribution is 7.80. The maximum atomic E-state index is 12.1. The number of ether oxygens (including phenoxy) is 1. The van der Waals surface area contributed by atoms with E-state index in [2.05, 4.69) is 17.4 Å². The summed E-state index contributed by atoms with van der Waals surface area (Å²) in [6.45, 7) is 5.73. The van der Waals surface area contributed by atoms with Gasteiger partial charge < -0.3 is 15.0 Å². The lowest BCUT2D eigenvalue weighted by Crippen LogP contribution is -2.34. The number of anilines is 1. The van der Waals surface area contributed by atoms with Crippen LogP contribution in [0.3, 0.4) is 0 Å². The van der Waals surface area contributed by atoms with Gasteiger partial charge in [-0.1, -0.05) is 30.3 Å². The summed E-state index contributed by atoms with van der Waals surface area (Å²) >= 11 is 6.99. The largest absolute Gasteiger partial charge is 0.465 e. The summed E-state index contributed by atoms with van der Waals surface area (Å²) in [6, 6.07) is 12.1. The molecule has 0 radical (unpaired) electrons. The van der Waals surface area contributed by atoms with E-state index in [9.17, 15) is 4.79 Å². The van der Waals surface area contributed by atoms with Crippen LogP contribution in [-0.4, -0.2) is 36.2 Å². The summed E-state index contributed by atoms with van der Waals surface area (Å²) in [5.41, 5.74) is 1.73. The van der Waals surface area contributed by atoms with E-state index in [0.717, 1.165) is 29.4 Å². The van der Waals surface area contributed by atoms with Crippen molar-refractivity contribution in [3.63, 3.8) is 0 Å². The molecule has 24 heavy (non-hydrogen) atoms. The first-order valence-electron chi connectivity index (χ1n) is 7.89. The van der Waals surface area contributed by atoms with Gasteiger partial charge in [0.1, 0.15) is 5.00 Å². The molecule has 0 unspecified atom stereocenters. The number of methoxy groups -OCH3 is 1. The van der Waals surface area contributed by atoms with Crippen LogP contribution in [-0.2, 0) is 11.2 Å². The van der Waals surface area contributed by atoms with Crippen molar-refractivity contribution in [2.45, 2.75) is 20.3 Å². The molecule has 2 aromatic rings. The van der Waals surface area contributed by atoms with Crippen LogP contribution in [0.5, 0.6) is 0 Å². The number of carbonyl (C=O) groups excluding carboxylic acids is 1. The number of carbonyl (C=O) groups is 1. The highest BCUT2D eigenvalue weighted by Gasteiger charge is 2.19. The van der Waals surface area contributed by atoms with E-state index in [-0.39, 0.29) is 5.97 Å². The van der Waals surface area contributed by atoms with Crippen LogP contribution in [0.1, 0.15) is 34.6 Å². The zero-order valence-electron chi connectivity index (χ0n) is 14.2. The van der Waals surface area contributed by atoms with E-state index < -0.39 is 0 Å². The van der Waals surface area contributed by atoms with Crippen LogP contribution in [0.15, 0.2) is 36.4 Å². The Hall–Kier alpha value is -1.92. The van der Waals surface area contributed by atoms with Crippen LogP contribution in [0.25, 0.3) is 0 Å². The first kappa shape index (κ1) is 18.4. The lowest BCUT2D eigenvalue weighted by Gasteiger charge is -2.22. The molecule has 0 amide bonds. The summed E-state index contributed by atoms with van der Waals surface area (Å²) in [7, 11) is 1.39. The number of thiophene rings is 1. The molecule has 0 fully saturated rings. The topological polar surface area (TPSA) is 41.6 Å². The van der Waals surface area contributed by atoms with E-state index in [0.29, 0.717) is 10.7 Å². The molecule has 0 saturated heterocycles. The molecule has 4 nitrogen and oxygen atoms in total. The Kier molecular flexibility index (Phi) is 6.75. The van der Waals surface area contributed by atoms with Crippen molar-refractivity contribution in [2.24, 2.45) is 0 Å². The van der Waals surface area contributed by atoms with Gasteiger partial charge in [0.15, 0.2) is 5.11 Å². The second kappa shape index (κ2) is 8.80. The number of nitrogens with one attached hydrogen (secondary N) is 1. The Balaban J connectivity index is 2.25. The van der Waals surface area contributed by atoms with E-state index in [1.54, 1.807) is 0 Å². The third-order valence-corrected chi connectivity index (χ3v) is 5.09. The van der Waals surface area contributed by atoms with Gasteiger partial charge in [0, 0.05) is 24.4 Å². The van der Waals surface area contributed by atoms with Crippen LogP contribution >= 0.6 is 23.6 Å². The summed E-state index contributed by atoms with van der Waals surface area (Å²) in [6.07, 6.45) is 0.773. The zero-order valence-corrected chi connectivity index (χ0v) is 15.8. The molecule has 0 aliphatic carbocycles. The second-order valence-corrected chi connectivity index (χ2v) is 6.74. The third-order valence-electron chi connectivity index (χ3n) is 3.68. The SMILES string of the molecule is CCN(CC)C(=S)Nc1sc(Cc2ccccc2)cc1C(=O)OC. The van der Waals surface area contributed by atoms with Crippen molar-refractivity contribution in [3.8, 4) is 0 Å². The van der Waals surface area contributed by atoms with Crippen molar-refractivity contribution in [2.75, 3.05) is 25.5 Å². The van der Waals surface area contributed by atoms with E-state index >= 15 is 0 Å². The van der Waals surface area contributed by atoms with Gasteiger partial charge in [-0.2, -0.15) is 0 Å². The lowest BCUT2D eigenvalue weighted by molar-refractivity contribution is 0.0602. The van der Waals surface area contributed by atoms with E-state index in [1.807, 2.05) is 43.0 Å². The van der Waals surface area contributed by atoms with Gasteiger partial charge in [-0.15, -0.1) is 11.3 Å². The highest BCUT2D eigenvalue weighted by Crippen LogP contribution is 2.30. The molecule has 0 bridgehead atoms. The fourth-order valence-corrected chi connectivity index (χ4v) is 3.87. The van der Waals surface area contributed by atoms with Gasteiger partial charge in [-0.3, -0.25) is 0 Å². The van der Waals surface area contributed by atoms with Crippen LogP contribution in [0, 0.1) is 0 Å². The number of benzene rings is 1. The fourth-order valence-electron chi connectivity index (χ4n) is 2.37. The maximum Gasteiger partial charge on any atom is 0.340 e. The Morgan fingerprint density at radius 2 is 1.92 bits per heavy atom. The van der Waals surface area contributed by atoms with Crippen molar-refractivity contribution in [1.29, 1.82) is 0 Å². The molecule has 128 valence electrons. The minimum absolute atomic E-state index is 0.351. The third kappa shape index (κ3) is 4.55. The molecular weight excluding hydrogens is 340 g/mol. The Labute approximate surface area is 152 Å². The van der Waals surface area contributed by atoms with Crippen LogP contribution < -0.4 is 5.32 Å². The number of esters is 1. The molecule has 0 aliphatic heterocycles. The van der Waals surface area contributed by atoms with Gasteiger partial charge in [-0.05, 0) is 37.7 Å². The molecule has 0 saturated carbocycles. The number of hydrogen-bond donors (Lipinski definition) is 1. The minimum Gasteiger partial charge on any atom is -0.465 e. The fraction of sp³-hybridized carbons (Fsp3) is 0.333. The summed E-state index contributed by atoms with van der Waals surface area (Å²) in [5, 5.41) is 4.57. The van der Waals surface area contributed by atoms with Gasteiger partial charge in [0.2, 0.25) is 0 Å². The predicted molar refractivity (Wildman–Crippen MR) is 104 cm³/mol. The van der Waals surface area contributed by atoms with Gasteiger partial charge in [0.05, 0.1) is 12.7 Å². The predicted octanol–water partition coefficient (Wildman–Crippen LogP) is 4.16. The second-order valence-electron chi connectivity index (χ2n) is 5.21. The average Bonchev–Trinajstić information content (AvgIpc) is 2.98. The molecule has 0 aliphatic rings. The first-order valence-corrected chi connectivity index (χ1v) is 9.12. The summed E-state index contributed by atoms with van der Waals surface area (Å²) < 4.78 is 4.91. The Bertz CT molecular complexity index is 694. The molecule has 1 aromatic carbocycles. The van der Waals surface area contributed by atoms with Crippen molar-refractivity contribution < 1.29 is 9.53 Å². The maximum absolute atomic E-state index is 12.1. The highest BCUT2D eigenvalue weighted by atomic mass is 32.1. The van der Waals surface area contributed by atoms with Gasteiger partial charge in [0.25, 0.3) is 0 Å². The standard InChI is InChI=1S/C18H22N2O2S2/c1-4-20(5-2)18(23)19-16-15(17(21)22-3)12-14(24-16)11-13-9-7-6-8-10-13/h6-10,12H,4-5,11H2,1-3H3,(H,19,23). The van der Waals surface area contributed by atoms with Crippen LogP contribution in [0.4, 0.5) is 5.00 Å². The monoisotopic (exact) mass is 362 g/mol. The molecule has 2 rings (SSSR count).